The Labute approximate surface area is 148 Å². The first-order chi connectivity index (χ1) is 10.2. The number of aliphatic imine (C=N–C) groups is 1. The number of guanidine groups is 1. The summed E-state index contributed by atoms with van der Waals surface area (Å²) in [7, 11) is 3.37. The molecule has 0 bridgehead atoms. The van der Waals surface area contributed by atoms with E-state index in [1.807, 2.05) is 12.1 Å². The molecule has 0 saturated carbocycles. The number of nitrogens with one attached hydrogen (secondary N) is 2. The molecule has 7 heteroatoms. The number of hydrogen-bond acceptors (Lipinski definition) is 4. The van der Waals surface area contributed by atoms with E-state index in [0.717, 1.165) is 5.56 Å². The molecular weight excluding hydrogens is 397 g/mol. The predicted octanol–water partition coefficient (Wildman–Crippen LogP) is 1.79. The molecule has 1 rings (SSSR count). The maximum Gasteiger partial charge on any atom is 0.338 e. The Bertz CT molecular complexity index is 464. The van der Waals surface area contributed by atoms with Crippen molar-refractivity contribution in [3.8, 4) is 0 Å². The van der Waals surface area contributed by atoms with Gasteiger partial charge in [-0.05, 0) is 24.6 Å². The van der Waals surface area contributed by atoms with Crippen LogP contribution in [0.15, 0.2) is 29.3 Å². The van der Waals surface area contributed by atoms with Crippen molar-refractivity contribution in [3.63, 3.8) is 0 Å². The molecule has 1 aromatic rings. The van der Waals surface area contributed by atoms with Gasteiger partial charge in [-0.15, -0.1) is 24.0 Å². The van der Waals surface area contributed by atoms with Gasteiger partial charge in [0.25, 0.3) is 0 Å². The van der Waals surface area contributed by atoms with Gasteiger partial charge < -0.3 is 20.1 Å². The second kappa shape index (κ2) is 12.2. The van der Waals surface area contributed by atoms with Crippen molar-refractivity contribution >= 4 is 35.9 Å². The molecule has 0 aliphatic heterocycles. The molecule has 22 heavy (non-hydrogen) atoms. The van der Waals surface area contributed by atoms with Crippen LogP contribution in [0.4, 0.5) is 0 Å². The van der Waals surface area contributed by atoms with Crippen molar-refractivity contribution in [2.75, 3.05) is 33.9 Å². The number of halogens is 1. The molecule has 0 unspecified atom stereocenters. The first-order valence-corrected chi connectivity index (χ1v) is 6.90. The highest BCUT2D eigenvalue weighted by molar-refractivity contribution is 14.0. The number of carbonyl (C=O) groups excluding carboxylic acids is 1. The lowest BCUT2D eigenvalue weighted by Crippen LogP contribution is -2.38. The lowest BCUT2D eigenvalue weighted by Gasteiger charge is -2.11. The van der Waals surface area contributed by atoms with E-state index < -0.39 is 0 Å². The summed E-state index contributed by atoms with van der Waals surface area (Å²) in [6.07, 6.45) is 0. The van der Waals surface area contributed by atoms with Crippen LogP contribution in [-0.2, 0) is 16.0 Å². The van der Waals surface area contributed by atoms with Crippen molar-refractivity contribution in [2.45, 2.75) is 13.5 Å². The number of ether oxygens (including phenoxy) is 2. The molecule has 0 fully saturated rings. The highest BCUT2D eigenvalue weighted by Gasteiger charge is 2.05. The summed E-state index contributed by atoms with van der Waals surface area (Å²) in [5, 5.41) is 6.31. The largest absolute Gasteiger partial charge is 0.462 e. The Balaban J connectivity index is 0.00000441. The summed E-state index contributed by atoms with van der Waals surface area (Å²) in [4.78, 5) is 15.6. The van der Waals surface area contributed by atoms with Crippen LogP contribution in [0.1, 0.15) is 22.8 Å². The molecule has 0 spiro atoms. The minimum absolute atomic E-state index is 0. The van der Waals surface area contributed by atoms with Crippen LogP contribution in [0.25, 0.3) is 0 Å². The van der Waals surface area contributed by atoms with Gasteiger partial charge >= 0.3 is 5.97 Å². The number of benzene rings is 1. The van der Waals surface area contributed by atoms with Crippen molar-refractivity contribution < 1.29 is 14.3 Å². The zero-order valence-corrected chi connectivity index (χ0v) is 15.5. The molecular formula is C15H24IN3O3. The number of rotatable bonds is 7. The van der Waals surface area contributed by atoms with Crippen LogP contribution >= 0.6 is 24.0 Å². The average Bonchev–Trinajstić information content (AvgIpc) is 2.51. The molecule has 2 N–H and O–H groups in total. The highest BCUT2D eigenvalue weighted by atomic mass is 127. The van der Waals surface area contributed by atoms with Gasteiger partial charge in [-0.25, -0.2) is 4.79 Å². The topological polar surface area (TPSA) is 72.0 Å². The fourth-order valence-corrected chi connectivity index (χ4v) is 1.65. The zero-order chi connectivity index (χ0) is 15.5. The molecule has 0 aliphatic rings. The Morgan fingerprint density at radius 1 is 1.23 bits per heavy atom. The van der Waals surface area contributed by atoms with Gasteiger partial charge in [-0.1, -0.05) is 12.1 Å². The minimum Gasteiger partial charge on any atom is -0.462 e. The van der Waals surface area contributed by atoms with Crippen LogP contribution in [0.3, 0.4) is 0 Å². The SMILES string of the molecule is CCOC(=O)c1ccc(CNC(=NC)NCCOC)cc1.I. The lowest BCUT2D eigenvalue weighted by atomic mass is 10.1. The first kappa shape index (κ1) is 20.6. The van der Waals surface area contributed by atoms with E-state index >= 15 is 0 Å². The van der Waals surface area contributed by atoms with Crippen molar-refractivity contribution in [2.24, 2.45) is 4.99 Å². The van der Waals surface area contributed by atoms with E-state index in [9.17, 15) is 4.79 Å². The molecule has 0 radical (unpaired) electrons. The van der Waals surface area contributed by atoms with Crippen LogP contribution in [0, 0.1) is 0 Å². The Morgan fingerprint density at radius 2 is 1.91 bits per heavy atom. The van der Waals surface area contributed by atoms with Crippen LogP contribution in [0.5, 0.6) is 0 Å². The van der Waals surface area contributed by atoms with E-state index in [4.69, 9.17) is 9.47 Å². The van der Waals surface area contributed by atoms with Gasteiger partial charge in [0.1, 0.15) is 0 Å². The van der Waals surface area contributed by atoms with Gasteiger partial charge in [0, 0.05) is 27.2 Å². The number of nitrogens with zero attached hydrogens (tertiary/aromatic N) is 1. The van der Waals surface area contributed by atoms with E-state index in [-0.39, 0.29) is 29.9 Å². The molecule has 0 aliphatic carbocycles. The summed E-state index contributed by atoms with van der Waals surface area (Å²) in [6.45, 7) is 4.10. The summed E-state index contributed by atoms with van der Waals surface area (Å²) in [5.41, 5.74) is 1.61. The standard InChI is InChI=1S/C15H23N3O3.HI/c1-4-21-14(19)13-7-5-12(6-8-13)11-18-15(16-2)17-9-10-20-3;/h5-8H,4,9-11H2,1-3H3,(H2,16,17,18);1H. The smallest absolute Gasteiger partial charge is 0.338 e. The second-order valence-electron chi connectivity index (χ2n) is 4.26. The van der Waals surface area contributed by atoms with Gasteiger partial charge in [0.05, 0.1) is 18.8 Å². The third-order valence-electron chi connectivity index (χ3n) is 2.75. The lowest BCUT2D eigenvalue weighted by molar-refractivity contribution is 0.0526. The molecule has 0 atom stereocenters. The number of hydrogen-bond donors (Lipinski definition) is 2. The quantitative estimate of drug-likeness (QED) is 0.231. The molecule has 6 nitrogen and oxygen atoms in total. The predicted molar refractivity (Wildman–Crippen MR) is 97.9 cm³/mol. The maximum atomic E-state index is 11.5. The highest BCUT2D eigenvalue weighted by Crippen LogP contribution is 2.05. The van der Waals surface area contributed by atoms with Crippen LogP contribution in [0.2, 0.25) is 0 Å². The minimum atomic E-state index is -0.297. The van der Waals surface area contributed by atoms with Gasteiger partial charge in [0.15, 0.2) is 5.96 Å². The maximum absolute atomic E-state index is 11.5. The summed E-state index contributed by atoms with van der Waals surface area (Å²) >= 11 is 0. The fraction of sp³-hybridized carbons (Fsp3) is 0.467. The fourth-order valence-electron chi connectivity index (χ4n) is 1.65. The van der Waals surface area contributed by atoms with E-state index in [1.54, 1.807) is 33.2 Å². The second-order valence-corrected chi connectivity index (χ2v) is 4.26. The van der Waals surface area contributed by atoms with Gasteiger partial charge in [-0.2, -0.15) is 0 Å². The Kier molecular flexibility index (Phi) is 11.5. The average molecular weight is 421 g/mol. The monoisotopic (exact) mass is 421 g/mol. The normalized spacial score (nSPS) is 10.6. The third-order valence-corrected chi connectivity index (χ3v) is 2.75. The molecule has 0 aromatic heterocycles. The third kappa shape index (κ3) is 7.60. The number of carbonyl (C=O) groups is 1. The Hall–Kier alpha value is -1.35. The van der Waals surface area contributed by atoms with E-state index in [2.05, 4.69) is 15.6 Å². The zero-order valence-electron chi connectivity index (χ0n) is 13.2. The van der Waals surface area contributed by atoms with Crippen molar-refractivity contribution in [3.05, 3.63) is 35.4 Å². The van der Waals surface area contributed by atoms with Crippen LogP contribution in [-0.4, -0.2) is 45.8 Å². The Morgan fingerprint density at radius 3 is 2.45 bits per heavy atom. The molecule has 124 valence electrons. The van der Waals surface area contributed by atoms with Crippen LogP contribution < -0.4 is 10.6 Å². The summed E-state index contributed by atoms with van der Waals surface area (Å²) in [5.74, 6) is 0.413. The van der Waals surface area contributed by atoms with E-state index in [1.165, 1.54) is 0 Å². The van der Waals surface area contributed by atoms with Gasteiger partial charge in [-0.3, -0.25) is 4.99 Å². The number of methoxy groups -OCH3 is 1. The van der Waals surface area contributed by atoms with Crippen molar-refractivity contribution in [1.29, 1.82) is 0 Å². The summed E-state index contributed by atoms with van der Waals surface area (Å²) in [6, 6.07) is 7.30. The first-order valence-electron chi connectivity index (χ1n) is 6.90. The van der Waals surface area contributed by atoms with Gasteiger partial charge in [0.2, 0.25) is 0 Å². The summed E-state index contributed by atoms with van der Waals surface area (Å²) < 4.78 is 9.91. The molecule has 0 heterocycles. The molecule has 1 aromatic carbocycles. The molecule has 0 saturated heterocycles. The molecule has 0 amide bonds. The number of esters is 1. The van der Waals surface area contributed by atoms with E-state index in [0.29, 0.717) is 37.8 Å². The van der Waals surface area contributed by atoms with Crippen molar-refractivity contribution in [1.82, 2.24) is 10.6 Å².